The lowest BCUT2D eigenvalue weighted by Crippen LogP contribution is -2.28. The molecule has 1 N–H and O–H groups in total. The number of benzene rings is 1. The van der Waals surface area contributed by atoms with Crippen LogP contribution >= 0.6 is 15.9 Å². The van der Waals surface area contributed by atoms with E-state index in [0.717, 1.165) is 25.7 Å². The van der Waals surface area contributed by atoms with Crippen LogP contribution in [0.25, 0.3) is 0 Å². The van der Waals surface area contributed by atoms with Crippen molar-refractivity contribution >= 4 is 21.6 Å². The zero-order valence-corrected chi connectivity index (χ0v) is 12.1. The average molecular weight is 318 g/mol. The van der Waals surface area contributed by atoms with Gasteiger partial charge in [0.1, 0.15) is 17.3 Å². The third-order valence-corrected chi connectivity index (χ3v) is 4.17. The van der Waals surface area contributed by atoms with Crippen LogP contribution in [-0.4, -0.2) is 6.04 Å². The summed E-state index contributed by atoms with van der Waals surface area (Å²) in [6.07, 6.45) is 5.51. The van der Waals surface area contributed by atoms with Gasteiger partial charge in [0.05, 0.1) is 0 Å². The standard InChI is InChI=1S/C14H18BrF2N/c1-2-9-4-3-5-11(6-9)18-14-12(16)7-10(15)8-13(14)17/h7-9,11,18H,2-6H2,1H3. The Balaban J connectivity index is 2.09. The number of rotatable bonds is 3. The molecule has 1 aliphatic rings. The lowest BCUT2D eigenvalue weighted by molar-refractivity contribution is 0.326. The third-order valence-electron chi connectivity index (χ3n) is 3.72. The smallest absolute Gasteiger partial charge is 0.150 e. The van der Waals surface area contributed by atoms with Crippen LogP contribution in [0.4, 0.5) is 14.5 Å². The molecule has 4 heteroatoms. The fraction of sp³-hybridized carbons (Fsp3) is 0.571. The van der Waals surface area contributed by atoms with Crippen molar-refractivity contribution in [3.8, 4) is 0 Å². The van der Waals surface area contributed by atoms with E-state index in [-0.39, 0.29) is 11.7 Å². The summed E-state index contributed by atoms with van der Waals surface area (Å²) in [6.45, 7) is 2.17. The highest BCUT2D eigenvalue weighted by Crippen LogP contribution is 2.31. The van der Waals surface area contributed by atoms with E-state index in [1.54, 1.807) is 0 Å². The highest BCUT2D eigenvalue weighted by atomic mass is 79.9. The number of nitrogens with one attached hydrogen (secondary N) is 1. The highest BCUT2D eigenvalue weighted by Gasteiger charge is 2.22. The van der Waals surface area contributed by atoms with Gasteiger partial charge in [-0.25, -0.2) is 8.78 Å². The van der Waals surface area contributed by atoms with Crippen LogP contribution in [0.1, 0.15) is 39.0 Å². The Morgan fingerprint density at radius 1 is 1.28 bits per heavy atom. The summed E-state index contributed by atoms with van der Waals surface area (Å²) in [5.41, 5.74) is 0.0138. The predicted octanol–water partition coefficient (Wildman–Crippen LogP) is 5.11. The van der Waals surface area contributed by atoms with E-state index in [2.05, 4.69) is 28.2 Å². The van der Waals surface area contributed by atoms with Crippen molar-refractivity contribution in [2.45, 2.75) is 45.1 Å². The Kier molecular flexibility index (Phi) is 4.60. The van der Waals surface area contributed by atoms with E-state index >= 15 is 0 Å². The first-order valence-corrected chi connectivity index (χ1v) is 7.30. The fourth-order valence-corrected chi connectivity index (χ4v) is 3.08. The molecule has 0 aliphatic heterocycles. The van der Waals surface area contributed by atoms with Crippen LogP contribution in [0.15, 0.2) is 16.6 Å². The van der Waals surface area contributed by atoms with Crippen molar-refractivity contribution in [2.24, 2.45) is 5.92 Å². The van der Waals surface area contributed by atoms with Gasteiger partial charge in [0, 0.05) is 10.5 Å². The van der Waals surface area contributed by atoms with Crippen LogP contribution in [0.3, 0.4) is 0 Å². The normalized spacial score (nSPS) is 24.0. The minimum atomic E-state index is -0.527. The molecule has 18 heavy (non-hydrogen) atoms. The maximum absolute atomic E-state index is 13.7. The topological polar surface area (TPSA) is 12.0 Å². The number of anilines is 1. The van der Waals surface area contributed by atoms with Gasteiger partial charge >= 0.3 is 0 Å². The maximum atomic E-state index is 13.7. The van der Waals surface area contributed by atoms with Gasteiger partial charge in [-0.2, -0.15) is 0 Å². The molecule has 0 spiro atoms. The summed E-state index contributed by atoms with van der Waals surface area (Å²) < 4.78 is 27.9. The van der Waals surface area contributed by atoms with E-state index in [1.807, 2.05) is 0 Å². The monoisotopic (exact) mass is 317 g/mol. The van der Waals surface area contributed by atoms with E-state index in [4.69, 9.17) is 0 Å². The van der Waals surface area contributed by atoms with Crippen molar-refractivity contribution in [1.29, 1.82) is 0 Å². The van der Waals surface area contributed by atoms with Crippen molar-refractivity contribution < 1.29 is 8.78 Å². The average Bonchev–Trinajstić information content (AvgIpc) is 2.34. The van der Waals surface area contributed by atoms with Crippen LogP contribution in [0, 0.1) is 17.6 Å². The molecule has 1 saturated carbocycles. The quantitative estimate of drug-likeness (QED) is 0.817. The van der Waals surface area contributed by atoms with E-state index in [1.165, 1.54) is 18.6 Å². The molecule has 1 fully saturated rings. The SMILES string of the molecule is CCC1CCCC(Nc2c(F)cc(Br)cc2F)C1. The van der Waals surface area contributed by atoms with Crippen LogP contribution in [0.2, 0.25) is 0 Å². The first-order valence-electron chi connectivity index (χ1n) is 6.51. The Hall–Kier alpha value is -0.640. The second-order valence-corrected chi connectivity index (χ2v) is 5.94. The van der Waals surface area contributed by atoms with Gasteiger partial charge in [0.25, 0.3) is 0 Å². The minimum Gasteiger partial charge on any atom is -0.378 e. The van der Waals surface area contributed by atoms with Gasteiger partial charge in [-0.15, -0.1) is 0 Å². The zero-order chi connectivity index (χ0) is 13.1. The van der Waals surface area contributed by atoms with Gasteiger partial charge < -0.3 is 5.32 Å². The molecule has 0 heterocycles. The molecule has 0 saturated heterocycles. The number of halogens is 3. The summed E-state index contributed by atoms with van der Waals surface area (Å²) in [7, 11) is 0. The Morgan fingerprint density at radius 2 is 1.94 bits per heavy atom. The van der Waals surface area contributed by atoms with E-state index in [9.17, 15) is 8.78 Å². The Labute approximate surface area is 115 Å². The molecular formula is C14H18BrF2N. The van der Waals surface area contributed by atoms with Gasteiger partial charge in [-0.05, 0) is 30.9 Å². The second kappa shape index (κ2) is 6.00. The second-order valence-electron chi connectivity index (χ2n) is 5.03. The molecule has 0 radical (unpaired) electrons. The highest BCUT2D eigenvalue weighted by molar-refractivity contribution is 9.10. The van der Waals surface area contributed by atoms with Gasteiger partial charge in [-0.3, -0.25) is 0 Å². The fourth-order valence-electron chi connectivity index (χ4n) is 2.68. The minimum absolute atomic E-state index is 0.0138. The molecule has 1 aromatic carbocycles. The molecule has 2 rings (SSSR count). The number of hydrogen-bond donors (Lipinski definition) is 1. The van der Waals surface area contributed by atoms with Crippen molar-refractivity contribution in [1.82, 2.24) is 0 Å². The summed E-state index contributed by atoms with van der Waals surface area (Å²) in [6, 6.07) is 2.78. The van der Waals surface area contributed by atoms with E-state index < -0.39 is 11.6 Å². The number of hydrogen-bond acceptors (Lipinski definition) is 1. The summed E-state index contributed by atoms with van der Waals surface area (Å²) >= 11 is 3.09. The van der Waals surface area contributed by atoms with Crippen molar-refractivity contribution in [2.75, 3.05) is 5.32 Å². The van der Waals surface area contributed by atoms with Gasteiger partial charge in [0.15, 0.2) is 0 Å². The van der Waals surface area contributed by atoms with Gasteiger partial charge in [-0.1, -0.05) is 42.1 Å². The first kappa shape index (κ1) is 13.8. The Bertz CT molecular complexity index is 399. The largest absolute Gasteiger partial charge is 0.378 e. The lowest BCUT2D eigenvalue weighted by Gasteiger charge is -2.30. The van der Waals surface area contributed by atoms with E-state index in [0.29, 0.717) is 10.4 Å². The molecule has 1 aromatic rings. The molecule has 0 aromatic heterocycles. The maximum Gasteiger partial charge on any atom is 0.150 e. The predicted molar refractivity (Wildman–Crippen MR) is 73.7 cm³/mol. The molecule has 2 atom stereocenters. The summed E-state index contributed by atoms with van der Waals surface area (Å²) in [5.74, 6) is -0.376. The van der Waals surface area contributed by atoms with Crippen molar-refractivity contribution in [3.63, 3.8) is 0 Å². The summed E-state index contributed by atoms with van der Waals surface area (Å²) in [5, 5.41) is 3.04. The molecule has 0 bridgehead atoms. The third kappa shape index (κ3) is 3.22. The summed E-state index contributed by atoms with van der Waals surface area (Å²) in [4.78, 5) is 0. The van der Waals surface area contributed by atoms with Crippen LogP contribution in [0.5, 0.6) is 0 Å². The molecule has 2 unspecified atom stereocenters. The molecule has 1 aliphatic carbocycles. The molecule has 0 amide bonds. The van der Waals surface area contributed by atoms with Gasteiger partial charge in [0.2, 0.25) is 0 Å². The van der Waals surface area contributed by atoms with Crippen molar-refractivity contribution in [3.05, 3.63) is 28.2 Å². The first-order chi connectivity index (χ1) is 8.60. The molecular weight excluding hydrogens is 300 g/mol. The van der Waals surface area contributed by atoms with Crippen LogP contribution < -0.4 is 5.32 Å². The molecule has 100 valence electrons. The van der Waals surface area contributed by atoms with Crippen LogP contribution in [-0.2, 0) is 0 Å². The Morgan fingerprint density at radius 3 is 2.56 bits per heavy atom. The molecule has 1 nitrogen and oxygen atoms in total. The lowest BCUT2D eigenvalue weighted by atomic mass is 9.84. The zero-order valence-electron chi connectivity index (χ0n) is 10.5.